The van der Waals surface area contributed by atoms with Crippen molar-refractivity contribution in [1.82, 2.24) is 10.2 Å². The number of carbonyl (C=O) groups is 1. The maximum atomic E-state index is 12.2. The maximum Gasteiger partial charge on any atom is 0.257 e. The van der Waals surface area contributed by atoms with E-state index in [1.165, 1.54) is 11.3 Å². The van der Waals surface area contributed by atoms with Crippen molar-refractivity contribution < 1.29 is 4.79 Å². The molecule has 1 amide bonds. The number of nitrogens with one attached hydrogen (secondary N) is 1. The minimum Gasteiger partial charge on any atom is -0.296 e. The normalized spacial score (nSPS) is 10.5. The Labute approximate surface area is 147 Å². The molecule has 110 valence electrons. The van der Waals surface area contributed by atoms with Crippen LogP contribution in [0, 0.1) is 0 Å². The van der Waals surface area contributed by atoms with Gasteiger partial charge in [-0.3, -0.25) is 10.1 Å². The highest BCUT2D eigenvalue weighted by molar-refractivity contribution is 9.10. The first-order valence-electron chi connectivity index (χ1n) is 6.28. The van der Waals surface area contributed by atoms with Gasteiger partial charge in [0.15, 0.2) is 0 Å². The lowest BCUT2D eigenvalue weighted by Crippen LogP contribution is -2.11. The van der Waals surface area contributed by atoms with Gasteiger partial charge in [0, 0.05) is 20.1 Å². The Balaban J connectivity index is 1.77. The van der Waals surface area contributed by atoms with Crippen molar-refractivity contribution in [3.8, 4) is 10.6 Å². The number of nitrogens with zero attached hydrogens (tertiary/aromatic N) is 2. The molecular formula is C15H9Br2N3OS. The Morgan fingerprint density at radius 1 is 1.00 bits per heavy atom. The molecule has 1 aromatic heterocycles. The molecule has 3 rings (SSSR count). The Kier molecular flexibility index (Phi) is 4.66. The van der Waals surface area contributed by atoms with Crippen molar-refractivity contribution in [2.24, 2.45) is 0 Å². The van der Waals surface area contributed by atoms with Crippen LogP contribution in [0.15, 0.2) is 57.5 Å². The van der Waals surface area contributed by atoms with Crippen LogP contribution in [-0.2, 0) is 0 Å². The highest BCUT2D eigenvalue weighted by Gasteiger charge is 2.11. The van der Waals surface area contributed by atoms with E-state index in [-0.39, 0.29) is 5.91 Å². The van der Waals surface area contributed by atoms with Gasteiger partial charge in [-0.15, -0.1) is 10.2 Å². The molecule has 3 aromatic rings. The molecule has 0 saturated heterocycles. The highest BCUT2D eigenvalue weighted by Crippen LogP contribution is 2.27. The van der Waals surface area contributed by atoms with Crippen LogP contribution < -0.4 is 5.32 Å². The second-order valence-corrected chi connectivity index (χ2v) is 7.19. The van der Waals surface area contributed by atoms with E-state index in [9.17, 15) is 4.79 Å². The van der Waals surface area contributed by atoms with Gasteiger partial charge in [-0.2, -0.15) is 0 Å². The van der Waals surface area contributed by atoms with Gasteiger partial charge in [0.1, 0.15) is 5.01 Å². The summed E-state index contributed by atoms with van der Waals surface area (Å²) >= 11 is 8.08. The molecule has 1 heterocycles. The van der Waals surface area contributed by atoms with E-state index in [1.807, 2.05) is 36.4 Å². The van der Waals surface area contributed by atoms with Gasteiger partial charge in [-0.1, -0.05) is 61.4 Å². The fourth-order valence-corrected chi connectivity index (χ4v) is 3.19. The van der Waals surface area contributed by atoms with E-state index in [4.69, 9.17) is 0 Å². The molecule has 2 aromatic carbocycles. The van der Waals surface area contributed by atoms with Crippen molar-refractivity contribution >= 4 is 54.2 Å². The minimum atomic E-state index is -0.209. The smallest absolute Gasteiger partial charge is 0.257 e. The largest absolute Gasteiger partial charge is 0.296 e. The Bertz CT molecular complexity index is 818. The minimum absolute atomic E-state index is 0.209. The van der Waals surface area contributed by atoms with Crippen molar-refractivity contribution in [1.29, 1.82) is 0 Å². The van der Waals surface area contributed by atoms with E-state index in [2.05, 4.69) is 47.4 Å². The van der Waals surface area contributed by atoms with Crippen molar-refractivity contribution in [2.75, 3.05) is 5.32 Å². The second kappa shape index (κ2) is 6.68. The van der Waals surface area contributed by atoms with Gasteiger partial charge >= 0.3 is 0 Å². The Morgan fingerprint density at radius 3 is 2.50 bits per heavy atom. The summed E-state index contributed by atoms with van der Waals surface area (Å²) in [6.45, 7) is 0. The van der Waals surface area contributed by atoms with Gasteiger partial charge in [-0.05, 0) is 30.3 Å². The number of benzene rings is 2. The number of carbonyl (C=O) groups excluding carboxylic acids is 1. The van der Waals surface area contributed by atoms with E-state index in [1.54, 1.807) is 12.1 Å². The molecule has 4 nitrogen and oxygen atoms in total. The monoisotopic (exact) mass is 437 g/mol. The zero-order valence-electron chi connectivity index (χ0n) is 11.1. The molecule has 0 radical (unpaired) electrons. The first-order valence-corrected chi connectivity index (χ1v) is 8.68. The Morgan fingerprint density at radius 2 is 1.77 bits per heavy atom. The summed E-state index contributed by atoms with van der Waals surface area (Å²) in [7, 11) is 0. The molecule has 0 aliphatic heterocycles. The predicted octanol–water partition coefficient (Wildman–Crippen LogP) is 4.98. The average molecular weight is 439 g/mol. The summed E-state index contributed by atoms with van der Waals surface area (Å²) < 4.78 is 1.86. The van der Waals surface area contributed by atoms with Gasteiger partial charge in [0.2, 0.25) is 5.13 Å². The predicted molar refractivity (Wildman–Crippen MR) is 95.1 cm³/mol. The summed E-state index contributed by atoms with van der Waals surface area (Å²) in [6, 6.07) is 15.0. The number of hydrogen-bond donors (Lipinski definition) is 1. The lowest BCUT2D eigenvalue weighted by atomic mass is 10.2. The zero-order chi connectivity index (χ0) is 15.5. The van der Waals surface area contributed by atoms with Gasteiger partial charge in [0.05, 0.1) is 0 Å². The summed E-state index contributed by atoms with van der Waals surface area (Å²) in [6.07, 6.45) is 0. The lowest BCUT2D eigenvalue weighted by molar-refractivity contribution is 0.102. The third-order valence-electron chi connectivity index (χ3n) is 2.82. The molecule has 7 heteroatoms. The number of rotatable bonds is 3. The number of hydrogen-bond acceptors (Lipinski definition) is 4. The third kappa shape index (κ3) is 3.60. The number of aromatic nitrogens is 2. The van der Waals surface area contributed by atoms with E-state index >= 15 is 0 Å². The zero-order valence-corrected chi connectivity index (χ0v) is 15.1. The quantitative estimate of drug-likeness (QED) is 0.627. The van der Waals surface area contributed by atoms with Crippen LogP contribution in [0.4, 0.5) is 5.13 Å². The van der Waals surface area contributed by atoms with Crippen molar-refractivity contribution in [3.05, 3.63) is 63.0 Å². The van der Waals surface area contributed by atoms with Crippen molar-refractivity contribution in [3.63, 3.8) is 0 Å². The molecule has 1 N–H and O–H groups in total. The number of amides is 1. The summed E-state index contributed by atoms with van der Waals surface area (Å²) in [5, 5.41) is 12.1. The molecule has 0 unspecified atom stereocenters. The van der Waals surface area contributed by atoms with Crippen LogP contribution in [0.3, 0.4) is 0 Å². The van der Waals surface area contributed by atoms with Crippen LogP contribution in [0.2, 0.25) is 0 Å². The first-order chi connectivity index (χ1) is 10.6. The SMILES string of the molecule is O=C(Nc1nnc(-c2ccc(Br)cc2)s1)c1cccc(Br)c1. The molecule has 0 saturated carbocycles. The maximum absolute atomic E-state index is 12.2. The second-order valence-electron chi connectivity index (χ2n) is 4.38. The van der Waals surface area contributed by atoms with Crippen molar-refractivity contribution in [2.45, 2.75) is 0 Å². The Hall–Kier alpha value is -1.57. The van der Waals surface area contributed by atoms with Gasteiger partial charge in [0.25, 0.3) is 5.91 Å². The molecule has 0 aliphatic carbocycles. The van der Waals surface area contributed by atoms with Gasteiger partial charge < -0.3 is 0 Å². The van der Waals surface area contributed by atoms with E-state index < -0.39 is 0 Å². The van der Waals surface area contributed by atoms with Crippen LogP contribution in [0.5, 0.6) is 0 Å². The molecule has 0 spiro atoms. The van der Waals surface area contributed by atoms with E-state index in [0.29, 0.717) is 10.7 Å². The number of halogens is 2. The van der Waals surface area contributed by atoms with Crippen LogP contribution in [0.25, 0.3) is 10.6 Å². The first kappa shape index (κ1) is 15.3. The summed E-state index contributed by atoms with van der Waals surface area (Å²) in [5.41, 5.74) is 1.53. The van der Waals surface area contributed by atoms with Crippen LogP contribution in [0.1, 0.15) is 10.4 Å². The summed E-state index contributed by atoms with van der Waals surface area (Å²) in [5.74, 6) is -0.209. The highest BCUT2D eigenvalue weighted by atomic mass is 79.9. The fraction of sp³-hybridized carbons (Fsp3) is 0. The van der Waals surface area contributed by atoms with E-state index in [0.717, 1.165) is 19.5 Å². The third-order valence-corrected chi connectivity index (χ3v) is 4.73. The molecule has 0 bridgehead atoms. The van der Waals surface area contributed by atoms with Gasteiger partial charge in [-0.25, -0.2) is 0 Å². The molecule has 0 aliphatic rings. The molecule has 0 atom stereocenters. The van der Waals surface area contributed by atoms with Crippen LogP contribution in [-0.4, -0.2) is 16.1 Å². The summed E-state index contributed by atoms with van der Waals surface area (Å²) in [4.78, 5) is 12.2. The van der Waals surface area contributed by atoms with Crippen LogP contribution >= 0.6 is 43.2 Å². The fourth-order valence-electron chi connectivity index (χ4n) is 1.78. The topological polar surface area (TPSA) is 54.9 Å². The standard InChI is InChI=1S/C15H9Br2N3OS/c16-11-6-4-9(5-7-11)14-19-20-15(22-14)18-13(21)10-2-1-3-12(17)8-10/h1-8H,(H,18,20,21). The lowest BCUT2D eigenvalue weighted by Gasteiger charge is -2.01. The molecular weight excluding hydrogens is 430 g/mol. The average Bonchev–Trinajstić information content (AvgIpc) is 2.96. The molecule has 0 fully saturated rings. The number of anilines is 1. The molecule has 22 heavy (non-hydrogen) atoms.